The predicted octanol–water partition coefficient (Wildman–Crippen LogP) is 2.20. The van der Waals surface area contributed by atoms with Crippen LogP contribution in [-0.2, 0) is 9.59 Å². The van der Waals surface area contributed by atoms with Crippen LogP contribution in [0.25, 0.3) is 10.9 Å². The Morgan fingerprint density at radius 1 is 1.54 bits per heavy atom. The van der Waals surface area contributed by atoms with Crippen LogP contribution in [-0.4, -0.2) is 46.3 Å². The van der Waals surface area contributed by atoms with Gasteiger partial charge < -0.3 is 10.4 Å². The van der Waals surface area contributed by atoms with Gasteiger partial charge in [0.2, 0.25) is 11.8 Å². The number of hydrogen-bond donors (Lipinski definition) is 3. The number of fused-ring (bicyclic) bond motifs is 1. The van der Waals surface area contributed by atoms with Gasteiger partial charge in [0, 0.05) is 22.8 Å². The van der Waals surface area contributed by atoms with Crippen LogP contribution in [0.3, 0.4) is 0 Å². The fraction of sp³-hybridized carbons (Fsp3) is 0.500. The minimum Gasteiger partial charge on any atom is -0.394 e. The van der Waals surface area contributed by atoms with E-state index in [1.165, 1.54) is 0 Å². The normalized spacial score (nSPS) is 19.8. The molecule has 1 saturated heterocycles. The summed E-state index contributed by atoms with van der Waals surface area (Å²) in [6.07, 6.45) is 1.01. The molecular weight excluding hydrogens is 400 g/mol. The highest BCUT2D eigenvalue weighted by molar-refractivity contribution is 9.10. The number of aromatic nitrogens is 2. The van der Waals surface area contributed by atoms with Crippen molar-refractivity contribution >= 4 is 44.5 Å². The van der Waals surface area contributed by atoms with Gasteiger partial charge in [0.1, 0.15) is 0 Å². The van der Waals surface area contributed by atoms with Crippen molar-refractivity contribution in [1.82, 2.24) is 15.5 Å². The zero-order valence-corrected chi connectivity index (χ0v) is 16.4. The molecule has 0 bridgehead atoms. The molecule has 26 heavy (non-hydrogen) atoms. The molecular formula is C18H23BrN4O3. The molecule has 3 rings (SSSR count). The van der Waals surface area contributed by atoms with Gasteiger partial charge >= 0.3 is 0 Å². The molecule has 2 amide bonds. The molecule has 1 aliphatic rings. The zero-order chi connectivity index (χ0) is 18.8. The number of aliphatic hydroxyl groups excluding tert-OH is 1. The SMILES string of the molecule is CC[C@H](C)[C@@H](CO)NC(=O)[C@H]1CC(=O)N(c2n[nH]c3cc(Br)ccc23)C1. The Kier molecular flexibility index (Phi) is 5.62. The van der Waals surface area contributed by atoms with Crippen molar-refractivity contribution in [2.75, 3.05) is 18.1 Å². The first-order chi connectivity index (χ1) is 12.4. The van der Waals surface area contributed by atoms with E-state index in [-0.39, 0.29) is 36.8 Å². The standard InChI is InChI=1S/C18H23BrN4O3/c1-3-10(2)15(9-24)20-18(26)11-6-16(25)23(8-11)17-13-5-4-12(19)7-14(13)21-22-17/h4-5,7,10-11,15,24H,3,6,8-9H2,1-2H3,(H,20,26)(H,21,22)/t10-,11-,15+/m0/s1. The maximum Gasteiger partial charge on any atom is 0.229 e. The molecule has 0 unspecified atom stereocenters. The van der Waals surface area contributed by atoms with Crippen LogP contribution in [0.2, 0.25) is 0 Å². The van der Waals surface area contributed by atoms with Crippen LogP contribution in [0, 0.1) is 11.8 Å². The molecule has 0 aliphatic carbocycles. The minimum atomic E-state index is -0.442. The number of nitrogens with one attached hydrogen (secondary N) is 2. The first-order valence-corrected chi connectivity index (χ1v) is 9.59. The van der Waals surface area contributed by atoms with Crippen LogP contribution in [0.15, 0.2) is 22.7 Å². The van der Waals surface area contributed by atoms with Crippen molar-refractivity contribution < 1.29 is 14.7 Å². The maximum atomic E-state index is 12.6. The molecule has 0 saturated carbocycles. The lowest BCUT2D eigenvalue weighted by Crippen LogP contribution is -2.45. The maximum absolute atomic E-state index is 12.6. The Balaban J connectivity index is 1.74. The second kappa shape index (κ2) is 7.75. The summed E-state index contributed by atoms with van der Waals surface area (Å²) in [6, 6.07) is 5.39. The molecule has 140 valence electrons. The Hall–Kier alpha value is -1.93. The number of rotatable bonds is 6. The molecule has 2 aromatic rings. The molecule has 2 heterocycles. The lowest BCUT2D eigenvalue weighted by molar-refractivity contribution is -0.127. The third-order valence-electron chi connectivity index (χ3n) is 5.11. The van der Waals surface area contributed by atoms with Crippen molar-refractivity contribution in [3.05, 3.63) is 22.7 Å². The summed E-state index contributed by atoms with van der Waals surface area (Å²) in [6.45, 7) is 4.19. The van der Waals surface area contributed by atoms with Crippen molar-refractivity contribution in [2.45, 2.75) is 32.7 Å². The van der Waals surface area contributed by atoms with E-state index in [0.717, 1.165) is 21.8 Å². The van der Waals surface area contributed by atoms with Gasteiger partial charge in [-0.3, -0.25) is 19.6 Å². The second-order valence-corrected chi connectivity index (χ2v) is 7.74. The molecule has 0 spiro atoms. The average Bonchev–Trinajstić information content (AvgIpc) is 3.21. The molecule has 8 heteroatoms. The van der Waals surface area contributed by atoms with Gasteiger partial charge in [0.25, 0.3) is 0 Å². The molecule has 1 fully saturated rings. The van der Waals surface area contributed by atoms with Gasteiger partial charge in [-0.2, -0.15) is 5.10 Å². The number of anilines is 1. The number of halogens is 1. The van der Waals surface area contributed by atoms with Gasteiger partial charge in [-0.05, 0) is 24.1 Å². The third-order valence-corrected chi connectivity index (χ3v) is 5.60. The van der Waals surface area contributed by atoms with Crippen LogP contribution in [0.4, 0.5) is 5.82 Å². The van der Waals surface area contributed by atoms with Crippen LogP contribution >= 0.6 is 15.9 Å². The Labute approximate surface area is 160 Å². The Morgan fingerprint density at radius 3 is 3.00 bits per heavy atom. The van der Waals surface area contributed by atoms with Crippen LogP contribution in [0.5, 0.6) is 0 Å². The van der Waals surface area contributed by atoms with E-state index >= 15 is 0 Å². The first-order valence-electron chi connectivity index (χ1n) is 8.79. The van der Waals surface area contributed by atoms with E-state index < -0.39 is 5.92 Å². The summed E-state index contributed by atoms with van der Waals surface area (Å²) in [4.78, 5) is 26.6. The summed E-state index contributed by atoms with van der Waals surface area (Å²) in [7, 11) is 0. The fourth-order valence-electron chi connectivity index (χ4n) is 3.22. The van der Waals surface area contributed by atoms with Gasteiger partial charge in [-0.15, -0.1) is 0 Å². The molecule has 1 aromatic carbocycles. The molecule has 3 atom stereocenters. The molecule has 3 N–H and O–H groups in total. The number of carbonyl (C=O) groups is 2. The quantitative estimate of drug-likeness (QED) is 0.664. The third kappa shape index (κ3) is 3.61. The van der Waals surface area contributed by atoms with E-state index in [9.17, 15) is 14.7 Å². The number of benzene rings is 1. The number of aromatic amines is 1. The second-order valence-electron chi connectivity index (χ2n) is 6.83. The van der Waals surface area contributed by atoms with Crippen LogP contribution < -0.4 is 10.2 Å². The molecule has 7 nitrogen and oxygen atoms in total. The minimum absolute atomic E-state index is 0.107. The van der Waals surface area contributed by atoms with Crippen molar-refractivity contribution in [3.63, 3.8) is 0 Å². The molecule has 1 aliphatic heterocycles. The zero-order valence-electron chi connectivity index (χ0n) is 14.8. The van der Waals surface area contributed by atoms with Crippen molar-refractivity contribution in [1.29, 1.82) is 0 Å². The summed E-state index contributed by atoms with van der Waals surface area (Å²) < 4.78 is 0.922. The van der Waals surface area contributed by atoms with E-state index in [1.54, 1.807) is 4.90 Å². The monoisotopic (exact) mass is 422 g/mol. The summed E-state index contributed by atoms with van der Waals surface area (Å²) in [5.41, 5.74) is 0.826. The Morgan fingerprint density at radius 2 is 2.31 bits per heavy atom. The van der Waals surface area contributed by atoms with E-state index in [0.29, 0.717) is 12.4 Å². The average molecular weight is 423 g/mol. The van der Waals surface area contributed by atoms with Crippen molar-refractivity contribution in [2.24, 2.45) is 11.8 Å². The van der Waals surface area contributed by atoms with Crippen LogP contribution in [0.1, 0.15) is 26.7 Å². The lowest BCUT2D eigenvalue weighted by Gasteiger charge is -2.23. The topological polar surface area (TPSA) is 98.3 Å². The number of amides is 2. The number of nitrogens with zero attached hydrogens (tertiary/aromatic N) is 2. The lowest BCUT2D eigenvalue weighted by atomic mass is 9.98. The number of carbonyl (C=O) groups excluding carboxylic acids is 2. The van der Waals surface area contributed by atoms with E-state index in [1.807, 2.05) is 32.0 Å². The smallest absolute Gasteiger partial charge is 0.229 e. The summed E-state index contributed by atoms with van der Waals surface area (Å²) in [5.74, 6) is -0.0320. The fourth-order valence-corrected chi connectivity index (χ4v) is 3.59. The van der Waals surface area contributed by atoms with E-state index in [2.05, 4.69) is 31.4 Å². The predicted molar refractivity (Wildman–Crippen MR) is 103 cm³/mol. The first kappa shape index (κ1) is 18.8. The highest BCUT2D eigenvalue weighted by Gasteiger charge is 2.37. The number of H-pyrrole nitrogens is 1. The van der Waals surface area contributed by atoms with Gasteiger partial charge in [-0.1, -0.05) is 36.2 Å². The number of aliphatic hydroxyl groups is 1. The van der Waals surface area contributed by atoms with Gasteiger partial charge in [0.15, 0.2) is 5.82 Å². The molecule has 1 aromatic heterocycles. The Bertz CT molecular complexity index is 822. The summed E-state index contributed by atoms with van der Waals surface area (Å²) >= 11 is 3.41. The number of hydrogen-bond acceptors (Lipinski definition) is 4. The van der Waals surface area contributed by atoms with Gasteiger partial charge in [-0.25, -0.2) is 0 Å². The highest BCUT2D eigenvalue weighted by atomic mass is 79.9. The molecule has 0 radical (unpaired) electrons. The van der Waals surface area contributed by atoms with Gasteiger partial charge in [0.05, 0.1) is 24.1 Å². The van der Waals surface area contributed by atoms with E-state index in [4.69, 9.17) is 0 Å². The highest BCUT2D eigenvalue weighted by Crippen LogP contribution is 2.31. The largest absolute Gasteiger partial charge is 0.394 e. The summed E-state index contributed by atoms with van der Waals surface area (Å²) in [5, 5.41) is 20.4. The van der Waals surface area contributed by atoms with Crippen molar-refractivity contribution in [3.8, 4) is 0 Å².